The summed E-state index contributed by atoms with van der Waals surface area (Å²) in [5.41, 5.74) is 1.42. The predicted octanol–water partition coefficient (Wildman–Crippen LogP) is 2.47. The Morgan fingerprint density at radius 3 is 1.97 bits per heavy atom. The third kappa shape index (κ3) is 4.56. The molecule has 0 aromatic heterocycles. The maximum absolute atomic E-state index is 12.9. The monoisotopic (exact) mass is 396 g/mol. The molecular weight excluding hydrogens is 372 g/mol. The van der Waals surface area contributed by atoms with Gasteiger partial charge in [-0.2, -0.15) is 0 Å². The van der Waals surface area contributed by atoms with Gasteiger partial charge in [-0.1, -0.05) is 12.1 Å². The highest BCUT2D eigenvalue weighted by atomic mass is 16.5. The van der Waals surface area contributed by atoms with Gasteiger partial charge < -0.3 is 19.3 Å². The van der Waals surface area contributed by atoms with Crippen molar-refractivity contribution in [3.05, 3.63) is 65.2 Å². The number of benzene rings is 2. The van der Waals surface area contributed by atoms with Gasteiger partial charge >= 0.3 is 5.97 Å². The van der Waals surface area contributed by atoms with Crippen LogP contribution in [0.4, 0.5) is 0 Å². The zero-order chi connectivity index (χ0) is 20.8. The van der Waals surface area contributed by atoms with Crippen LogP contribution in [0.25, 0.3) is 0 Å². The number of hydrogen-bond acceptors (Lipinski definition) is 5. The first kappa shape index (κ1) is 20.4. The van der Waals surface area contributed by atoms with Gasteiger partial charge in [-0.15, -0.1) is 0 Å². The van der Waals surface area contributed by atoms with Crippen molar-refractivity contribution < 1.29 is 23.9 Å². The molecule has 0 radical (unpaired) electrons. The Labute approximate surface area is 169 Å². The first-order chi connectivity index (χ1) is 14.0. The number of carbonyl (C=O) groups is 3. The third-order valence-electron chi connectivity index (χ3n) is 4.96. The van der Waals surface area contributed by atoms with Gasteiger partial charge in [-0.25, -0.2) is 4.79 Å². The molecule has 2 amide bonds. The molecule has 0 saturated carbocycles. The SMILES string of the molecule is COC(=O)c1ccc(C(=O)N2CCCN(C(=O)c3ccccc3OC)CC2)cc1. The predicted molar refractivity (Wildman–Crippen MR) is 107 cm³/mol. The van der Waals surface area contributed by atoms with Gasteiger partial charge in [-0.3, -0.25) is 9.59 Å². The van der Waals surface area contributed by atoms with E-state index in [9.17, 15) is 14.4 Å². The summed E-state index contributed by atoms with van der Waals surface area (Å²) in [6, 6.07) is 13.5. The van der Waals surface area contributed by atoms with Crippen LogP contribution in [0.2, 0.25) is 0 Å². The van der Waals surface area contributed by atoms with Gasteiger partial charge in [-0.05, 0) is 42.8 Å². The first-order valence-electron chi connectivity index (χ1n) is 9.45. The average Bonchev–Trinajstić information content (AvgIpc) is 3.04. The van der Waals surface area contributed by atoms with Crippen LogP contribution < -0.4 is 4.74 Å². The second-order valence-electron chi connectivity index (χ2n) is 6.71. The van der Waals surface area contributed by atoms with Gasteiger partial charge in [0, 0.05) is 31.7 Å². The van der Waals surface area contributed by atoms with E-state index in [-0.39, 0.29) is 11.8 Å². The molecule has 1 fully saturated rings. The van der Waals surface area contributed by atoms with Crippen molar-refractivity contribution in [2.45, 2.75) is 6.42 Å². The number of amides is 2. The minimum Gasteiger partial charge on any atom is -0.496 e. The molecule has 7 heteroatoms. The minimum atomic E-state index is -0.440. The maximum Gasteiger partial charge on any atom is 0.337 e. The lowest BCUT2D eigenvalue weighted by atomic mass is 10.1. The summed E-state index contributed by atoms with van der Waals surface area (Å²) in [7, 11) is 2.86. The molecule has 0 aliphatic carbocycles. The van der Waals surface area contributed by atoms with Gasteiger partial charge in [0.25, 0.3) is 11.8 Å². The summed E-state index contributed by atoms with van der Waals surface area (Å²) < 4.78 is 9.97. The van der Waals surface area contributed by atoms with Crippen molar-refractivity contribution in [1.29, 1.82) is 0 Å². The molecule has 1 aliphatic heterocycles. The Balaban J connectivity index is 1.67. The van der Waals surface area contributed by atoms with Crippen LogP contribution in [0, 0.1) is 0 Å². The van der Waals surface area contributed by atoms with E-state index in [1.807, 2.05) is 6.07 Å². The quantitative estimate of drug-likeness (QED) is 0.742. The molecule has 0 spiro atoms. The van der Waals surface area contributed by atoms with Crippen molar-refractivity contribution in [2.75, 3.05) is 40.4 Å². The third-order valence-corrected chi connectivity index (χ3v) is 4.96. The van der Waals surface area contributed by atoms with Crippen LogP contribution in [-0.4, -0.2) is 68.0 Å². The van der Waals surface area contributed by atoms with E-state index in [4.69, 9.17) is 4.74 Å². The molecule has 0 atom stereocenters. The average molecular weight is 396 g/mol. The van der Waals surface area contributed by atoms with Crippen molar-refractivity contribution in [3.8, 4) is 5.75 Å². The second-order valence-corrected chi connectivity index (χ2v) is 6.71. The van der Waals surface area contributed by atoms with Crippen LogP contribution >= 0.6 is 0 Å². The lowest BCUT2D eigenvalue weighted by Gasteiger charge is -2.23. The van der Waals surface area contributed by atoms with E-state index in [2.05, 4.69) is 4.74 Å². The van der Waals surface area contributed by atoms with Gasteiger partial charge in [0.05, 0.1) is 25.3 Å². The van der Waals surface area contributed by atoms with Crippen LogP contribution in [0.15, 0.2) is 48.5 Å². The summed E-state index contributed by atoms with van der Waals surface area (Å²) in [6.45, 7) is 2.02. The minimum absolute atomic E-state index is 0.0980. The van der Waals surface area contributed by atoms with E-state index >= 15 is 0 Å². The zero-order valence-corrected chi connectivity index (χ0v) is 16.6. The highest BCUT2D eigenvalue weighted by Gasteiger charge is 2.25. The summed E-state index contributed by atoms with van der Waals surface area (Å²) in [4.78, 5) is 40.8. The normalized spacial score (nSPS) is 14.1. The van der Waals surface area contributed by atoms with Gasteiger partial charge in [0.15, 0.2) is 0 Å². The highest BCUT2D eigenvalue weighted by Crippen LogP contribution is 2.20. The fourth-order valence-corrected chi connectivity index (χ4v) is 3.36. The number of carbonyl (C=O) groups excluding carboxylic acids is 3. The largest absolute Gasteiger partial charge is 0.496 e. The molecule has 0 unspecified atom stereocenters. The number of nitrogens with zero attached hydrogens (tertiary/aromatic N) is 2. The van der Waals surface area contributed by atoms with Crippen molar-refractivity contribution in [1.82, 2.24) is 9.80 Å². The number of methoxy groups -OCH3 is 2. The molecule has 1 saturated heterocycles. The molecule has 2 aromatic rings. The van der Waals surface area contributed by atoms with E-state index in [1.165, 1.54) is 7.11 Å². The Hall–Kier alpha value is -3.35. The van der Waals surface area contributed by atoms with Crippen molar-refractivity contribution in [2.24, 2.45) is 0 Å². The molecule has 3 rings (SSSR count). The lowest BCUT2D eigenvalue weighted by Crippen LogP contribution is -2.37. The van der Waals surface area contributed by atoms with Crippen LogP contribution in [0.1, 0.15) is 37.5 Å². The van der Waals surface area contributed by atoms with Crippen LogP contribution in [-0.2, 0) is 4.74 Å². The maximum atomic E-state index is 12.9. The Morgan fingerprint density at radius 1 is 0.759 bits per heavy atom. The van der Waals surface area contributed by atoms with E-state index in [0.717, 1.165) is 0 Å². The fraction of sp³-hybridized carbons (Fsp3) is 0.318. The molecule has 2 aromatic carbocycles. The smallest absolute Gasteiger partial charge is 0.337 e. The molecule has 0 N–H and O–H groups in total. The van der Waals surface area contributed by atoms with Crippen LogP contribution in [0.5, 0.6) is 5.75 Å². The lowest BCUT2D eigenvalue weighted by molar-refractivity contribution is 0.0599. The van der Waals surface area contributed by atoms with Gasteiger partial charge in [0.2, 0.25) is 0 Å². The highest BCUT2D eigenvalue weighted by molar-refractivity contribution is 5.98. The fourth-order valence-electron chi connectivity index (χ4n) is 3.36. The van der Waals surface area contributed by atoms with Gasteiger partial charge in [0.1, 0.15) is 5.75 Å². The summed E-state index contributed by atoms with van der Waals surface area (Å²) in [5, 5.41) is 0. The standard InChI is InChI=1S/C22H24N2O5/c1-28-19-7-4-3-6-18(19)21(26)24-13-5-12-23(14-15-24)20(25)16-8-10-17(11-9-16)22(27)29-2/h3-4,6-11H,5,12-15H2,1-2H3. The molecule has 1 heterocycles. The second kappa shape index (κ2) is 9.23. The molecule has 29 heavy (non-hydrogen) atoms. The summed E-state index contributed by atoms with van der Waals surface area (Å²) >= 11 is 0. The van der Waals surface area contributed by atoms with E-state index in [1.54, 1.807) is 59.4 Å². The van der Waals surface area contributed by atoms with Crippen molar-refractivity contribution in [3.63, 3.8) is 0 Å². The molecule has 152 valence electrons. The Bertz CT molecular complexity index is 894. The molecule has 7 nitrogen and oxygen atoms in total. The number of esters is 1. The summed E-state index contributed by atoms with van der Waals surface area (Å²) in [6.07, 6.45) is 0.687. The molecular formula is C22H24N2O5. The number of ether oxygens (including phenoxy) is 2. The van der Waals surface area contributed by atoms with Crippen LogP contribution in [0.3, 0.4) is 0 Å². The summed E-state index contributed by atoms with van der Waals surface area (Å²) in [5.74, 6) is -0.114. The van der Waals surface area contributed by atoms with Crippen molar-refractivity contribution >= 4 is 17.8 Å². The zero-order valence-electron chi connectivity index (χ0n) is 16.6. The Kier molecular flexibility index (Phi) is 6.49. The molecule has 1 aliphatic rings. The molecule has 0 bridgehead atoms. The Morgan fingerprint density at radius 2 is 1.34 bits per heavy atom. The van der Waals surface area contributed by atoms with E-state index in [0.29, 0.717) is 55.0 Å². The number of para-hydroxylation sites is 1. The number of rotatable bonds is 4. The van der Waals surface area contributed by atoms with E-state index < -0.39 is 5.97 Å². The first-order valence-corrected chi connectivity index (χ1v) is 9.45. The number of hydrogen-bond donors (Lipinski definition) is 0. The topological polar surface area (TPSA) is 76.2 Å².